The number of para-hydroxylation sites is 2. The monoisotopic (exact) mass is 439 g/mol. The van der Waals surface area contributed by atoms with Gasteiger partial charge in [-0.2, -0.15) is 0 Å². The summed E-state index contributed by atoms with van der Waals surface area (Å²) in [5, 5.41) is 2.76. The number of aromatic nitrogens is 3. The maximum Gasteiger partial charge on any atom is 0.242 e. The molecule has 7 heteroatoms. The molecule has 0 atom stereocenters. The van der Waals surface area contributed by atoms with E-state index in [1.807, 2.05) is 72.8 Å². The smallest absolute Gasteiger partial charge is 0.242 e. The largest absolute Gasteiger partial charge is 0.463 e. The summed E-state index contributed by atoms with van der Waals surface area (Å²) < 4.78 is 12.9. The number of aromatic amines is 1. The van der Waals surface area contributed by atoms with E-state index in [9.17, 15) is 4.79 Å². The molecule has 0 aliphatic heterocycles. The van der Waals surface area contributed by atoms with Gasteiger partial charge in [0.2, 0.25) is 5.91 Å². The molecule has 4 aromatic heterocycles. The third kappa shape index (κ3) is 3.06. The summed E-state index contributed by atoms with van der Waals surface area (Å²) in [5.41, 5.74) is 3.19. The second-order valence-electron chi connectivity index (χ2n) is 7.27. The lowest BCUT2D eigenvalue weighted by Gasteiger charge is -2.05. The molecule has 1 N–H and O–H groups in total. The number of carbonyl (C=O) groups excluding carboxylic acids is 1. The van der Waals surface area contributed by atoms with Gasteiger partial charge >= 0.3 is 0 Å². The highest BCUT2D eigenvalue weighted by Gasteiger charge is 2.20. The zero-order valence-electron chi connectivity index (χ0n) is 16.8. The van der Waals surface area contributed by atoms with Crippen LogP contribution in [0.5, 0.6) is 0 Å². The van der Waals surface area contributed by atoms with Gasteiger partial charge in [-0.05, 0) is 36.4 Å². The highest BCUT2D eigenvalue weighted by Crippen LogP contribution is 2.34. The number of fused-ring (bicyclic) bond motifs is 3. The Bertz CT molecular complexity index is 1440. The van der Waals surface area contributed by atoms with Gasteiger partial charge in [0.05, 0.1) is 29.3 Å². The van der Waals surface area contributed by atoms with Crippen molar-refractivity contribution in [2.45, 2.75) is 5.16 Å². The number of benzene rings is 2. The zero-order valence-corrected chi connectivity index (χ0v) is 17.6. The van der Waals surface area contributed by atoms with E-state index in [4.69, 9.17) is 8.83 Å². The van der Waals surface area contributed by atoms with Crippen molar-refractivity contribution >= 4 is 39.5 Å². The lowest BCUT2D eigenvalue weighted by atomic mass is 10.2. The minimum atomic E-state index is -0.0112. The Morgan fingerprint density at radius 2 is 1.47 bits per heavy atom. The SMILES string of the molecule is O=C(CSc1nc(-c2ccco2)c(-c2ccco2)[nH]1)n1c2ccccc2c2ccccc21. The topological polar surface area (TPSA) is 77.0 Å². The molecule has 156 valence electrons. The zero-order chi connectivity index (χ0) is 21.5. The molecule has 0 saturated carbocycles. The number of thioether (sulfide) groups is 1. The van der Waals surface area contributed by atoms with Crippen molar-refractivity contribution in [1.82, 2.24) is 14.5 Å². The fourth-order valence-corrected chi connectivity index (χ4v) is 4.72. The number of nitrogens with one attached hydrogen (secondary N) is 1. The molecule has 0 unspecified atom stereocenters. The molecule has 2 aromatic carbocycles. The van der Waals surface area contributed by atoms with E-state index in [2.05, 4.69) is 9.97 Å². The summed E-state index contributed by atoms with van der Waals surface area (Å²) in [7, 11) is 0. The molecule has 6 aromatic rings. The molecule has 0 aliphatic carbocycles. The first kappa shape index (κ1) is 18.8. The molecule has 0 saturated heterocycles. The van der Waals surface area contributed by atoms with Crippen LogP contribution in [0.1, 0.15) is 4.79 Å². The molecule has 4 heterocycles. The van der Waals surface area contributed by atoms with Gasteiger partial charge in [-0.15, -0.1) is 0 Å². The molecule has 6 rings (SSSR count). The van der Waals surface area contributed by atoms with Gasteiger partial charge < -0.3 is 13.8 Å². The van der Waals surface area contributed by atoms with Crippen molar-refractivity contribution in [3.05, 3.63) is 85.3 Å². The Kier molecular flexibility index (Phi) is 4.47. The van der Waals surface area contributed by atoms with Gasteiger partial charge in [-0.3, -0.25) is 9.36 Å². The Balaban J connectivity index is 1.34. The van der Waals surface area contributed by atoms with Crippen LogP contribution in [0, 0.1) is 0 Å². The molecule has 0 amide bonds. The average molecular weight is 439 g/mol. The molecule has 0 aliphatic rings. The van der Waals surface area contributed by atoms with E-state index in [1.165, 1.54) is 11.8 Å². The van der Waals surface area contributed by atoms with Crippen molar-refractivity contribution < 1.29 is 13.6 Å². The van der Waals surface area contributed by atoms with Gasteiger partial charge in [-0.1, -0.05) is 48.2 Å². The van der Waals surface area contributed by atoms with Crippen molar-refractivity contribution in [1.29, 1.82) is 0 Å². The van der Waals surface area contributed by atoms with Crippen molar-refractivity contribution in [2.75, 3.05) is 5.75 Å². The number of imidazole rings is 1. The van der Waals surface area contributed by atoms with Crippen LogP contribution in [0.25, 0.3) is 44.7 Å². The first-order valence-corrected chi connectivity index (χ1v) is 11.1. The molecule has 32 heavy (non-hydrogen) atoms. The number of carbonyl (C=O) groups is 1. The molecule has 0 fully saturated rings. The van der Waals surface area contributed by atoms with Crippen molar-refractivity contribution in [2.24, 2.45) is 0 Å². The second kappa shape index (κ2) is 7.62. The summed E-state index contributed by atoms with van der Waals surface area (Å²) >= 11 is 1.35. The van der Waals surface area contributed by atoms with Gasteiger partial charge in [0, 0.05) is 10.8 Å². The van der Waals surface area contributed by atoms with E-state index >= 15 is 0 Å². The van der Waals surface area contributed by atoms with E-state index in [-0.39, 0.29) is 11.7 Å². The number of hydrogen-bond donors (Lipinski definition) is 1. The average Bonchev–Trinajstić information content (AvgIpc) is 3.62. The molecule has 0 radical (unpaired) electrons. The first-order chi connectivity index (χ1) is 15.8. The van der Waals surface area contributed by atoms with E-state index in [0.717, 1.165) is 27.5 Å². The number of H-pyrrole nitrogens is 1. The number of hydrogen-bond acceptors (Lipinski definition) is 5. The van der Waals surface area contributed by atoms with Crippen LogP contribution >= 0.6 is 11.8 Å². The molecular formula is C25H17N3O3S. The van der Waals surface area contributed by atoms with Crippen LogP contribution in [0.4, 0.5) is 0 Å². The Morgan fingerprint density at radius 3 is 2.09 bits per heavy atom. The van der Waals surface area contributed by atoms with E-state index in [1.54, 1.807) is 17.1 Å². The fourth-order valence-electron chi connectivity index (χ4n) is 4.00. The van der Waals surface area contributed by atoms with Crippen LogP contribution in [0.2, 0.25) is 0 Å². The van der Waals surface area contributed by atoms with Gasteiger partial charge in [-0.25, -0.2) is 4.98 Å². The second-order valence-corrected chi connectivity index (χ2v) is 8.24. The summed E-state index contributed by atoms with van der Waals surface area (Å²) in [4.78, 5) is 21.3. The lowest BCUT2D eigenvalue weighted by molar-refractivity contribution is 0.0951. The van der Waals surface area contributed by atoms with Crippen LogP contribution in [-0.4, -0.2) is 26.2 Å². The number of nitrogens with zero attached hydrogens (tertiary/aromatic N) is 2. The Labute approximate surface area is 186 Å². The first-order valence-electron chi connectivity index (χ1n) is 10.1. The number of furan rings is 2. The van der Waals surface area contributed by atoms with Crippen LogP contribution in [0.3, 0.4) is 0 Å². The maximum absolute atomic E-state index is 13.3. The summed E-state index contributed by atoms with van der Waals surface area (Å²) in [6.45, 7) is 0. The predicted molar refractivity (Wildman–Crippen MR) is 125 cm³/mol. The minimum absolute atomic E-state index is 0.0112. The molecule has 0 spiro atoms. The van der Waals surface area contributed by atoms with Gasteiger partial charge in [0.1, 0.15) is 11.4 Å². The quantitative estimate of drug-likeness (QED) is 0.312. The summed E-state index contributed by atoms with van der Waals surface area (Å²) in [5.74, 6) is 1.51. The molecule has 6 nitrogen and oxygen atoms in total. The van der Waals surface area contributed by atoms with Crippen LogP contribution in [0.15, 0.2) is 99.3 Å². The Hall–Kier alpha value is -3.97. The van der Waals surface area contributed by atoms with E-state index < -0.39 is 0 Å². The number of rotatable bonds is 5. The minimum Gasteiger partial charge on any atom is -0.463 e. The van der Waals surface area contributed by atoms with Crippen LogP contribution in [-0.2, 0) is 0 Å². The normalized spacial score (nSPS) is 11.5. The summed E-state index contributed by atoms with van der Waals surface area (Å²) in [6, 6.07) is 23.3. The standard InChI is InChI=1S/C25H17N3O3S/c29-22(28-18-9-3-1-7-16(18)17-8-2-4-10-19(17)28)15-32-25-26-23(20-11-5-13-30-20)24(27-25)21-12-6-14-31-21/h1-14H,15H2,(H,26,27). The van der Waals surface area contributed by atoms with Crippen molar-refractivity contribution in [3.63, 3.8) is 0 Å². The van der Waals surface area contributed by atoms with Gasteiger partial charge in [0.15, 0.2) is 16.7 Å². The third-order valence-corrected chi connectivity index (χ3v) is 6.22. The highest BCUT2D eigenvalue weighted by atomic mass is 32.2. The predicted octanol–water partition coefficient (Wildman–Crippen LogP) is 6.47. The maximum atomic E-state index is 13.3. The fraction of sp³-hybridized carbons (Fsp3) is 0.0400. The highest BCUT2D eigenvalue weighted by molar-refractivity contribution is 7.99. The molecular weight excluding hydrogens is 422 g/mol. The van der Waals surface area contributed by atoms with Gasteiger partial charge in [0.25, 0.3) is 0 Å². The molecule has 0 bridgehead atoms. The van der Waals surface area contributed by atoms with Crippen molar-refractivity contribution in [3.8, 4) is 22.9 Å². The van der Waals surface area contributed by atoms with E-state index in [0.29, 0.717) is 22.4 Å². The Morgan fingerprint density at radius 1 is 0.844 bits per heavy atom. The summed E-state index contributed by atoms with van der Waals surface area (Å²) in [6.07, 6.45) is 3.22. The lowest BCUT2D eigenvalue weighted by Crippen LogP contribution is -2.12. The van der Waals surface area contributed by atoms with Crippen LogP contribution < -0.4 is 0 Å². The third-order valence-electron chi connectivity index (χ3n) is 5.37.